The van der Waals surface area contributed by atoms with E-state index in [1.54, 1.807) is 0 Å². The second kappa shape index (κ2) is 6.33. The fraction of sp³-hybridized carbons (Fsp3) is 0.417. The number of carboxylic acids is 1. The Hall–Kier alpha value is -1.77. The summed E-state index contributed by atoms with van der Waals surface area (Å²) in [6.45, 7) is 1.47. The van der Waals surface area contributed by atoms with Crippen LogP contribution in [0.2, 0.25) is 0 Å². The highest BCUT2D eigenvalue weighted by Crippen LogP contribution is 2.33. The highest BCUT2D eigenvalue weighted by molar-refractivity contribution is 7.91. The van der Waals surface area contributed by atoms with Crippen LogP contribution in [-0.4, -0.2) is 37.5 Å². The maximum atomic E-state index is 12.6. The maximum absolute atomic E-state index is 12.6. The lowest BCUT2D eigenvalue weighted by molar-refractivity contribution is -0.138. The summed E-state index contributed by atoms with van der Waals surface area (Å²) in [7, 11) is -3.21. The van der Waals surface area contributed by atoms with E-state index in [0.29, 0.717) is 6.07 Å². The van der Waals surface area contributed by atoms with Crippen LogP contribution in [0, 0.1) is 0 Å². The Morgan fingerprint density at radius 2 is 1.95 bits per heavy atom. The SMILES string of the molecule is CCS(=O)(=O)CCNc1ccc(C(F)(F)F)c(C(=O)O)c1. The summed E-state index contributed by atoms with van der Waals surface area (Å²) in [6, 6.07) is 2.55. The normalized spacial score (nSPS) is 12.2. The lowest BCUT2D eigenvalue weighted by Crippen LogP contribution is -2.18. The van der Waals surface area contributed by atoms with Gasteiger partial charge in [0, 0.05) is 18.0 Å². The van der Waals surface area contributed by atoms with Gasteiger partial charge in [-0.05, 0) is 18.2 Å². The molecule has 0 unspecified atom stereocenters. The number of alkyl halides is 3. The van der Waals surface area contributed by atoms with E-state index in [-0.39, 0.29) is 23.7 Å². The molecule has 2 N–H and O–H groups in total. The Kier molecular flexibility index (Phi) is 5.21. The smallest absolute Gasteiger partial charge is 0.417 e. The van der Waals surface area contributed by atoms with Crippen molar-refractivity contribution in [1.29, 1.82) is 0 Å². The van der Waals surface area contributed by atoms with Crippen LogP contribution in [0.25, 0.3) is 0 Å². The van der Waals surface area contributed by atoms with Gasteiger partial charge in [0.1, 0.15) is 0 Å². The number of hydrogen-bond acceptors (Lipinski definition) is 4. The van der Waals surface area contributed by atoms with Crippen LogP contribution in [0.3, 0.4) is 0 Å². The summed E-state index contributed by atoms with van der Waals surface area (Å²) in [5, 5.41) is 11.4. The zero-order chi connectivity index (χ0) is 16.3. The molecule has 0 saturated carbocycles. The van der Waals surface area contributed by atoms with Crippen LogP contribution >= 0.6 is 0 Å². The number of anilines is 1. The van der Waals surface area contributed by atoms with Crippen molar-refractivity contribution in [1.82, 2.24) is 0 Å². The first kappa shape index (κ1) is 17.3. The molecule has 0 saturated heterocycles. The standard InChI is InChI=1S/C12H14F3NO4S/c1-2-21(19,20)6-5-16-8-3-4-10(12(13,14)15)9(7-8)11(17)18/h3-4,7,16H,2,5-6H2,1H3,(H,17,18). The lowest BCUT2D eigenvalue weighted by Gasteiger charge is -2.13. The number of aromatic carboxylic acids is 1. The van der Waals surface area contributed by atoms with Crippen molar-refractivity contribution in [3.8, 4) is 0 Å². The van der Waals surface area contributed by atoms with Gasteiger partial charge in [0.25, 0.3) is 0 Å². The summed E-state index contributed by atoms with van der Waals surface area (Å²) < 4.78 is 60.4. The molecule has 1 aromatic carbocycles. The van der Waals surface area contributed by atoms with Crippen molar-refractivity contribution in [2.45, 2.75) is 13.1 Å². The van der Waals surface area contributed by atoms with E-state index in [0.717, 1.165) is 12.1 Å². The van der Waals surface area contributed by atoms with Gasteiger partial charge in [-0.1, -0.05) is 6.92 Å². The van der Waals surface area contributed by atoms with Gasteiger partial charge in [-0.25, -0.2) is 13.2 Å². The van der Waals surface area contributed by atoms with E-state index in [2.05, 4.69) is 5.32 Å². The Balaban J connectivity index is 2.92. The number of sulfone groups is 1. The molecule has 0 fully saturated rings. The van der Waals surface area contributed by atoms with Crippen molar-refractivity contribution in [2.75, 3.05) is 23.4 Å². The van der Waals surface area contributed by atoms with Crippen LogP contribution in [0.5, 0.6) is 0 Å². The average Bonchev–Trinajstić information content (AvgIpc) is 2.37. The summed E-state index contributed by atoms with van der Waals surface area (Å²) in [5.41, 5.74) is -2.01. The number of carboxylic acid groups (broad SMARTS) is 1. The summed E-state index contributed by atoms with van der Waals surface area (Å²) >= 11 is 0. The quantitative estimate of drug-likeness (QED) is 0.838. The highest BCUT2D eigenvalue weighted by atomic mass is 32.2. The molecule has 0 aromatic heterocycles. The Labute approximate surface area is 119 Å². The Bertz CT molecular complexity index is 626. The summed E-state index contributed by atoms with van der Waals surface area (Å²) in [6.07, 6.45) is -4.77. The molecular formula is C12H14F3NO4S. The van der Waals surface area contributed by atoms with Gasteiger partial charge in [0.2, 0.25) is 0 Å². The lowest BCUT2D eigenvalue weighted by atomic mass is 10.1. The first-order chi connectivity index (χ1) is 9.57. The molecule has 0 aliphatic heterocycles. The van der Waals surface area contributed by atoms with E-state index in [9.17, 15) is 26.4 Å². The van der Waals surface area contributed by atoms with Crippen LogP contribution in [0.15, 0.2) is 18.2 Å². The number of carbonyl (C=O) groups is 1. The van der Waals surface area contributed by atoms with E-state index < -0.39 is 33.1 Å². The molecule has 0 aliphatic carbocycles. The summed E-state index contributed by atoms with van der Waals surface area (Å²) in [5.74, 6) is -1.93. The minimum atomic E-state index is -4.77. The minimum absolute atomic E-state index is 0.0133. The van der Waals surface area contributed by atoms with Gasteiger partial charge in [-0.3, -0.25) is 0 Å². The van der Waals surface area contributed by atoms with E-state index in [1.165, 1.54) is 6.92 Å². The molecule has 118 valence electrons. The third kappa shape index (κ3) is 4.92. The number of rotatable bonds is 6. The van der Waals surface area contributed by atoms with Crippen molar-refractivity contribution in [2.24, 2.45) is 0 Å². The summed E-state index contributed by atoms with van der Waals surface area (Å²) in [4.78, 5) is 10.9. The van der Waals surface area contributed by atoms with Crippen molar-refractivity contribution in [3.63, 3.8) is 0 Å². The van der Waals surface area contributed by atoms with Crippen molar-refractivity contribution < 1.29 is 31.5 Å². The number of nitrogens with one attached hydrogen (secondary N) is 1. The topological polar surface area (TPSA) is 83.5 Å². The molecule has 0 aliphatic rings. The van der Waals surface area contributed by atoms with Crippen molar-refractivity contribution in [3.05, 3.63) is 29.3 Å². The molecule has 0 bridgehead atoms. The molecule has 0 heterocycles. The second-order valence-corrected chi connectivity index (χ2v) is 6.70. The zero-order valence-corrected chi connectivity index (χ0v) is 11.9. The monoisotopic (exact) mass is 325 g/mol. The molecule has 5 nitrogen and oxygen atoms in total. The van der Waals surface area contributed by atoms with Gasteiger partial charge in [-0.15, -0.1) is 0 Å². The van der Waals surface area contributed by atoms with E-state index in [1.807, 2.05) is 0 Å². The maximum Gasteiger partial charge on any atom is 0.417 e. The van der Waals surface area contributed by atoms with E-state index >= 15 is 0 Å². The van der Waals surface area contributed by atoms with Gasteiger partial charge in [-0.2, -0.15) is 13.2 Å². The fourth-order valence-corrected chi connectivity index (χ4v) is 2.28. The van der Waals surface area contributed by atoms with E-state index in [4.69, 9.17) is 5.11 Å². The highest BCUT2D eigenvalue weighted by Gasteiger charge is 2.35. The molecule has 1 aromatic rings. The molecule has 1 rings (SSSR count). The van der Waals surface area contributed by atoms with Gasteiger partial charge in [0.05, 0.1) is 16.9 Å². The molecule has 0 spiro atoms. The molecule has 0 amide bonds. The average molecular weight is 325 g/mol. The fourth-order valence-electron chi connectivity index (χ4n) is 1.57. The third-order valence-electron chi connectivity index (χ3n) is 2.74. The van der Waals surface area contributed by atoms with Crippen LogP contribution < -0.4 is 5.32 Å². The predicted molar refractivity (Wildman–Crippen MR) is 71.2 cm³/mol. The van der Waals surface area contributed by atoms with Gasteiger partial charge >= 0.3 is 12.1 Å². The molecule has 0 radical (unpaired) electrons. The third-order valence-corrected chi connectivity index (χ3v) is 4.44. The number of halogens is 3. The molecule has 21 heavy (non-hydrogen) atoms. The first-order valence-corrected chi connectivity index (χ1v) is 7.78. The molecule has 9 heteroatoms. The Morgan fingerprint density at radius 3 is 2.43 bits per heavy atom. The zero-order valence-electron chi connectivity index (χ0n) is 11.1. The molecular weight excluding hydrogens is 311 g/mol. The van der Waals surface area contributed by atoms with Crippen molar-refractivity contribution >= 4 is 21.5 Å². The molecule has 0 atom stereocenters. The number of hydrogen-bond donors (Lipinski definition) is 2. The van der Waals surface area contributed by atoms with Gasteiger partial charge in [0.15, 0.2) is 9.84 Å². The minimum Gasteiger partial charge on any atom is -0.478 e. The Morgan fingerprint density at radius 1 is 1.33 bits per heavy atom. The van der Waals surface area contributed by atoms with Crippen LogP contribution in [0.1, 0.15) is 22.8 Å². The number of benzene rings is 1. The predicted octanol–water partition coefficient (Wildman–Crippen LogP) is 2.25. The van der Waals surface area contributed by atoms with Crippen LogP contribution in [0.4, 0.5) is 18.9 Å². The second-order valence-electron chi connectivity index (χ2n) is 4.23. The van der Waals surface area contributed by atoms with Crippen LogP contribution in [-0.2, 0) is 16.0 Å². The largest absolute Gasteiger partial charge is 0.478 e. The first-order valence-electron chi connectivity index (χ1n) is 5.95. The van der Waals surface area contributed by atoms with Gasteiger partial charge < -0.3 is 10.4 Å².